The van der Waals surface area contributed by atoms with Crippen LogP contribution < -0.4 is 11.1 Å². The van der Waals surface area contributed by atoms with Crippen molar-refractivity contribution in [3.8, 4) is 0 Å². The molecule has 0 aromatic heterocycles. The molecule has 0 bridgehead atoms. The molecule has 2 aliphatic heterocycles. The van der Waals surface area contributed by atoms with Crippen molar-refractivity contribution in [3.05, 3.63) is 29.8 Å². The molecule has 1 aromatic rings. The molecule has 1 aromatic carbocycles. The van der Waals surface area contributed by atoms with Gasteiger partial charge in [0.15, 0.2) is 0 Å². The molecule has 3 N–H and O–H groups in total. The fourth-order valence-electron chi connectivity index (χ4n) is 4.18. The molecule has 1 spiro atoms. The molecule has 0 saturated heterocycles. The van der Waals surface area contributed by atoms with Crippen molar-refractivity contribution in [2.45, 2.75) is 55.6 Å². The Morgan fingerprint density at radius 3 is 2.84 bits per heavy atom. The molecule has 3 heteroatoms. The molecule has 1 saturated carbocycles. The first-order valence-corrected chi connectivity index (χ1v) is 7.43. The Morgan fingerprint density at radius 1 is 1.21 bits per heavy atom. The molecule has 2 atom stereocenters. The van der Waals surface area contributed by atoms with Crippen LogP contribution in [-0.2, 0) is 0 Å². The fourth-order valence-corrected chi connectivity index (χ4v) is 4.18. The molecule has 4 rings (SSSR count). The first kappa shape index (κ1) is 11.5. The first-order chi connectivity index (χ1) is 9.28. The van der Waals surface area contributed by atoms with Crippen LogP contribution in [0.15, 0.2) is 29.3 Å². The summed E-state index contributed by atoms with van der Waals surface area (Å²) in [5, 5.41) is 3.76. The van der Waals surface area contributed by atoms with Gasteiger partial charge in [-0.3, -0.25) is 4.99 Å². The van der Waals surface area contributed by atoms with E-state index in [0.29, 0.717) is 18.0 Å². The Kier molecular flexibility index (Phi) is 2.46. The summed E-state index contributed by atoms with van der Waals surface area (Å²) in [6.07, 6.45) is 7.72. The fraction of sp³-hybridized carbons (Fsp3) is 0.562. The summed E-state index contributed by atoms with van der Waals surface area (Å²) in [4.78, 5) is 4.94. The number of hydrogen-bond acceptors (Lipinski definition) is 3. The van der Waals surface area contributed by atoms with Gasteiger partial charge >= 0.3 is 0 Å². The largest absolute Gasteiger partial charge is 0.379 e. The number of fused-ring (bicyclic) bond motifs is 4. The van der Waals surface area contributed by atoms with E-state index in [0.717, 1.165) is 32.1 Å². The highest BCUT2D eigenvalue weighted by molar-refractivity contribution is 5.69. The van der Waals surface area contributed by atoms with Crippen molar-refractivity contribution in [1.29, 1.82) is 0 Å². The van der Waals surface area contributed by atoms with Gasteiger partial charge in [-0.1, -0.05) is 18.2 Å². The Hall–Kier alpha value is -1.35. The van der Waals surface area contributed by atoms with Gasteiger partial charge in [-0.25, -0.2) is 0 Å². The lowest BCUT2D eigenvalue weighted by atomic mass is 9.69. The van der Waals surface area contributed by atoms with Gasteiger partial charge in [0.05, 0.1) is 11.6 Å². The predicted octanol–water partition coefficient (Wildman–Crippen LogP) is 2.68. The van der Waals surface area contributed by atoms with E-state index in [4.69, 9.17) is 10.7 Å². The van der Waals surface area contributed by atoms with E-state index < -0.39 is 0 Å². The Bertz CT molecular complexity index is 514. The number of nitrogens with two attached hydrogens (primary N) is 1. The van der Waals surface area contributed by atoms with E-state index >= 15 is 0 Å². The lowest BCUT2D eigenvalue weighted by Gasteiger charge is -2.45. The van der Waals surface area contributed by atoms with E-state index in [9.17, 15) is 0 Å². The molecule has 2 heterocycles. The van der Waals surface area contributed by atoms with Crippen molar-refractivity contribution < 1.29 is 0 Å². The molecule has 1 aliphatic carbocycles. The van der Waals surface area contributed by atoms with Crippen LogP contribution >= 0.6 is 0 Å². The van der Waals surface area contributed by atoms with Crippen LogP contribution in [0.4, 0.5) is 5.69 Å². The monoisotopic (exact) mass is 255 g/mol. The minimum Gasteiger partial charge on any atom is -0.379 e. The van der Waals surface area contributed by atoms with Crippen LogP contribution in [0.3, 0.4) is 0 Å². The van der Waals surface area contributed by atoms with E-state index in [1.165, 1.54) is 11.3 Å². The summed E-state index contributed by atoms with van der Waals surface area (Å²) in [6, 6.07) is 9.60. The summed E-state index contributed by atoms with van der Waals surface area (Å²) in [7, 11) is 0. The summed E-state index contributed by atoms with van der Waals surface area (Å²) < 4.78 is 0. The quantitative estimate of drug-likeness (QED) is 0.749. The van der Waals surface area contributed by atoms with Gasteiger partial charge in [0.25, 0.3) is 0 Å². The van der Waals surface area contributed by atoms with E-state index in [2.05, 4.69) is 35.8 Å². The maximum atomic E-state index is 6.07. The Labute approximate surface area is 114 Å². The number of nitrogens with one attached hydrogen (secondary N) is 1. The average molecular weight is 255 g/mol. The third-order valence-electron chi connectivity index (χ3n) is 5.26. The van der Waals surface area contributed by atoms with E-state index in [1.54, 1.807) is 0 Å². The summed E-state index contributed by atoms with van der Waals surface area (Å²) in [5.41, 5.74) is 8.97. The zero-order valence-corrected chi connectivity index (χ0v) is 11.2. The second-order valence-electron chi connectivity index (χ2n) is 6.30. The van der Waals surface area contributed by atoms with Gasteiger partial charge < -0.3 is 11.1 Å². The number of nitrogens with zero attached hydrogens (tertiary/aromatic N) is 1. The smallest absolute Gasteiger partial charge is 0.0811 e. The van der Waals surface area contributed by atoms with Crippen molar-refractivity contribution in [2.75, 3.05) is 5.32 Å². The number of para-hydroxylation sites is 1. The standard InChI is InChI=1S/C16H21N3/c17-11-5-8-16(9-6-11)15-13(7-10-18-16)12-3-1-2-4-14(12)19-15/h1-4,10-11,13,15,19H,5-9,17H2/t11?,13-,15+,16?/m1/s1. The minimum absolute atomic E-state index is 0.0950. The van der Waals surface area contributed by atoms with Crippen LogP contribution in [0, 0.1) is 0 Å². The Balaban J connectivity index is 1.70. The molecule has 0 amide bonds. The van der Waals surface area contributed by atoms with Gasteiger partial charge in [-0.05, 0) is 43.7 Å². The van der Waals surface area contributed by atoms with Crippen LogP contribution in [0.25, 0.3) is 0 Å². The summed E-state index contributed by atoms with van der Waals surface area (Å²) >= 11 is 0. The highest BCUT2D eigenvalue weighted by Crippen LogP contribution is 2.49. The molecule has 0 radical (unpaired) electrons. The summed E-state index contributed by atoms with van der Waals surface area (Å²) in [5.74, 6) is 0.600. The number of hydrogen-bond donors (Lipinski definition) is 2. The second kappa shape index (κ2) is 4.07. The predicted molar refractivity (Wildman–Crippen MR) is 78.9 cm³/mol. The van der Waals surface area contributed by atoms with E-state index in [1.807, 2.05) is 0 Å². The lowest BCUT2D eigenvalue weighted by Crippen LogP contribution is -2.52. The zero-order valence-electron chi connectivity index (χ0n) is 11.2. The number of rotatable bonds is 0. The van der Waals surface area contributed by atoms with Crippen molar-refractivity contribution >= 4 is 11.9 Å². The van der Waals surface area contributed by atoms with Gasteiger partial charge in [-0.15, -0.1) is 0 Å². The third-order valence-corrected chi connectivity index (χ3v) is 5.26. The normalized spacial score (nSPS) is 39.7. The summed E-state index contributed by atoms with van der Waals surface area (Å²) in [6.45, 7) is 0. The molecule has 3 aliphatic rings. The maximum Gasteiger partial charge on any atom is 0.0811 e. The van der Waals surface area contributed by atoms with Crippen molar-refractivity contribution in [3.63, 3.8) is 0 Å². The molecule has 0 unspecified atom stereocenters. The highest BCUT2D eigenvalue weighted by atomic mass is 15.1. The van der Waals surface area contributed by atoms with Gasteiger partial charge in [0.1, 0.15) is 0 Å². The van der Waals surface area contributed by atoms with Crippen LogP contribution in [0.2, 0.25) is 0 Å². The number of benzene rings is 1. The van der Waals surface area contributed by atoms with Gasteiger partial charge in [0, 0.05) is 23.9 Å². The Morgan fingerprint density at radius 2 is 2.00 bits per heavy atom. The molecular weight excluding hydrogens is 234 g/mol. The topological polar surface area (TPSA) is 50.4 Å². The van der Waals surface area contributed by atoms with Gasteiger partial charge in [-0.2, -0.15) is 0 Å². The zero-order chi connectivity index (χ0) is 12.9. The second-order valence-corrected chi connectivity index (χ2v) is 6.30. The molecule has 3 nitrogen and oxygen atoms in total. The molecule has 100 valence electrons. The maximum absolute atomic E-state index is 6.07. The number of anilines is 1. The van der Waals surface area contributed by atoms with Crippen LogP contribution in [-0.4, -0.2) is 23.8 Å². The average Bonchev–Trinajstić information content (AvgIpc) is 2.83. The third kappa shape index (κ3) is 1.64. The van der Waals surface area contributed by atoms with Crippen LogP contribution in [0.5, 0.6) is 0 Å². The van der Waals surface area contributed by atoms with Gasteiger partial charge in [0.2, 0.25) is 0 Å². The van der Waals surface area contributed by atoms with Crippen molar-refractivity contribution in [2.24, 2.45) is 10.7 Å². The first-order valence-electron chi connectivity index (χ1n) is 7.43. The van der Waals surface area contributed by atoms with E-state index in [-0.39, 0.29) is 5.54 Å². The minimum atomic E-state index is 0.0950. The molecule has 1 fully saturated rings. The highest BCUT2D eigenvalue weighted by Gasteiger charge is 2.49. The van der Waals surface area contributed by atoms with Crippen LogP contribution in [0.1, 0.15) is 43.6 Å². The lowest BCUT2D eigenvalue weighted by molar-refractivity contribution is 0.224. The van der Waals surface area contributed by atoms with Crippen molar-refractivity contribution in [1.82, 2.24) is 0 Å². The molecule has 19 heavy (non-hydrogen) atoms. The SMILES string of the molecule is NC1CCC2(CC1)N=CC[C@@H]1c3ccccc3N[C@@H]12. The molecular formula is C16H21N3. The number of aliphatic imine (C=N–C) groups is 1.